The number of rotatable bonds is 3. The fourth-order valence-electron chi connectivity index (χ4n) is 3.00. The summed E-state index contributed by atoms with van der Waals surface area (Å²) >= 11 is 0. The number of furan rings is 1. The molecule has 1 unspecified atom stereocenters. The second-order valence-corrected chi connectivity index (χ2v) is 5.96. The molecule has 0 bridgehead atoms. The summed E-state index contributed by atoms with van der Waals surface area (Å²) in [5, 5.41) is 4.07. The van der Waals surface area contributed by atoms with E-state index in [1.807, 2.05) is 31.2 Å². The van der Waals surface area contributed by atoms with Crippen LogP contribution >= 0.6 is 0 Å². The predicted molar refractivity (Wildman–Crippen MR) is 86.2 cm³/mol. The lowest BCUT2D eigenvalue weighted by atomic mass is 10.1. The molecule has 0 radical (unpaired) electrons. The van der Waals surface area contributed by atoms with E-state index in [1.165, 1.54) is 11.8 Å². The Labute approximate surface area is 139 Å². The molecule has 4 rings (SSSR count). The number of nitrogens with zero attached hydrogens (tertiary/aromatic N) is 3. The molecule has 3 heterocycles. The zero-order chi connectivity index (χ0) is 16.5. The van der Waals surface area contributed by atoms with Crippen LogP contribution in [0.4, 0.5) is 0 Å². The number of carbonyl (C=O) groups is 1. The Morgan fingerprint density at radius 1 is 1.25 bits per heavy atom. The molecule has 1 aliphatic rings. The van der Waals surface area contributed by atoms with Crippen LogP contribution in [0.15, 0.2) is 51.6 Å². The Kier molecular flexibility index (Phi) is 3.65. The summed E-state index contributed by atoms with van der Waals surface area (Å²) in [4.78, 5) is 18.8. The van der Waals surface area contributed by atoms with Gasteiger partial charge in [0.25, 0.3) is 5.91 Å². The molecule has 2 aromatic heterocycles. The number of aromatic nitrogens is 2. The van der Waals surface area contributed by atoms with Crippen LogP contribution in [0, 0.1) is 6.92 Å². The lowest BCUT2D eigenvalue weighted by Gasteiger charge is -2.20. The highest BCUT2D eigenvalue weighted by atomic mass is 16.5. The van der Waals surface area contributed by atoms with Crippen molar-refractivity contribution in [3.8, 4) is 11.4 Å². The Bertz CT molecular complexity index is 837. The molecule has 0 aliphatic carbocycles. The Morgan fingerprint density at radius 3 is 2.83 bits per heavy atom. The molecule has 0 saturated carbocycles. The van der Waals surface area contributed by atoms with Gasteiger partial charge in [-0.05, 0) is 31.9 Å². The van der Waals surface area contributed by atoms with Crippen molar-refractivity contribution in [1.29, 1.82) is 0 Å². The van der Waals surface area contributed by atoms with E-state index in [9.17, 15) is 4.79 Å². The molecular formula is C18H17N3O3. The van der Waals surface area contributed by atoms with Crippen molar-refractivity contribution in [2.24, 2.45) is 0 Å². The van der Waals surface area contributed by atoms with Gasteiger partial charge in [-0.15, -0.1) is 0 Å². The average Bonchev–Trinajstić information content (AvgIpc) is 3.34. The van der Waals surface area contributed by atoms with Crippen LogP contribution in [0.1, 0.15) is 40.9 Å². The molecule has 0 N–H and O–H groups in total. The first-order valence-corrected chi connectivity index (χ1v) is 7.97. The van der Waals surface area contributed by atoms with E-state index in [-0.39, 0.29) is 11.9 Å². The molecule has 1 amide bonds. The van der Waals surface area contributed by atoms with E-state index < -0.39 is 0 Å². The summed E-state index contributed by atoms with van der Waals surface area (Å²) in [6.45, 7) is 2.69. The zero-order valence-corrected chi connectivity index (χ0v) is 13.3. The molecule has 1 aliphatic heterocycles. The van der Waals surface area contributed by atoms with Crippen LogP contribution in [0.3, 0.4) is 0 Å². The zero-order valence-electron chi connectivity index (χ0n) is 13.3. The van der Waals surface area contributed by atoms with Gasteiger partial charge in [-0.3, -0.25) is 4.79 Å². The summed E-state index contributed by atoms with van der Waals surface area (Å²) in [6.07, 6.45) is 3.21. The van der Waals surface area contributed by atoms with Crippen LogP contribution in [-0.2, 0) is 0 Å². The van der Waals surface area contributed by atoms with E-state index in [2.05, 4.69) is 10.1 Å². The van der Waals surface area contributed by atoms with Crippen LogP contribution in [0.5, 0.6) is 0 Å². The SMILES string of the molecule is Cc1ccc(-c2noc(C3CCCN3C(=O)c3ccco3)n2)cc1. The van der Waals surface area contributed by atoms with Crippen LogP contribution in [-0.4, -0.2) is 27.5 Å². The number of hydrogen-bond donors (Lipinski definition) is 0. The highest BCUT2D eigenvalue weighted by Gasteiger charge is 2.35. The van der Waals surface area contributed by atoms with Crippen molar-refractivity contribution in [1.82, 2.24) is 15.0 Å². The van der Waals surface area contributed by atoms with Crippen molar-refractivity contribution in [3.63, 3.8) is 0 Å². The fourth-order valence-corrected chi connectivity index (χ4v) is 3.00. The van der Waals surface area contributed by atoms with E-state index >= 15 is 0 Å². The van der Waals surface area contributed by atoms with Gasteiger partial charge in [-0.2, -0.15) is 4.98 Å². The second kappa shape index (κ2) is 5.96. The molecule has 0 spiro atoms. The number of amides is 1. The summed E-state index contributed by atoms with van der Waals surface area (Å²) in [5.74, 6) is 1.21. The lowest BCUT2D eigenvalue weighted by Crippen LogP contribution is -2.30. The lowest BCUT2D eigenvalue weighted by molar-refractivity contribution is 0.0678. The smallest absolute Gasteiger partial charge is 0.290 e. The molecule has 6 nitrogen and oxygen atoms in total. The normalized spacial score (nSPS) is 17.4. The quantitative estimate of drug-likeness (QED) is 0.736. The van der Waals surface area contributed by atoms with Gasteiger partial charge in [0.1, 0.15) is 6.04 Å². The maximum Gasteiger partial charge on any atom is 0.290 e. The molecule has 1 aromatic carbocycles. The van der Waals surface area contributed by atoms with Crippen LogP contribution in [0.2, 0.25) is 0 Å². The third-order valence-corrected chi connectivity index (χ3v) is 4.28. The molecule has 6 heteroatoms. The fraction of sp³-hybridized carbons (Fsp3) is 0.278. The second-order valence-electron chi connectivity index (χ2n) is 5.96. The highest BCUT2D eigenvalue weighted by Crippen LogP contribution is 2.33. The van der Waals surface area contributed by atoms with Crippen molar-refractivity contribution in [2.45, 2.75) is 25.8 Å². The van der Waals surface area contributed by atoms with Gasteiger partial charge in [0.2, 0.25) is 11.7 Å². The van der Waals surface area contributed by atoms with Crippen molar-refractivity contribution >= 4 is 5.91 Å². The van der Waals surface area contributed by atoms with Gasteiger partial charge in [-0.25, -0.2) is 0 Å². The Balaban J connectivity index is 1.59. The molecule has 122 valence electrons. The Hall–Kier alpha value is -2.89. The van der Waals surface area contributed by atoms with Crippen molar-refractivity contribution in [2.75, 3.05) is 6.54 Å². The van der Waals surface area contributed by atoms with E-state index in [4.69, 9.17) is 8.94 Å². The van der Waals surface area contributed by atoms with Gasteiger partial charge in [0, 0.05) is 12.1 Å². The van der Waals surface area contributed by atoms with Gasteiger partial charge in [0.05, 0.1) is 6.26 Å². The maximum atomic E-state index is 12.5. The number of aryl methyl sites for hydroxylation is 1. The highest BCUT2D eigenvalue weighted by molar-refractivity contribution is 5.91. The number of likely N-dealkylation sites (tertiary alicyclic amines) is 1. The Morgan fingerprint density at radius 2 is 2.08 bits per heavy atom. The molecule has 1 fully saturated rings. The third-order valence-electron chi connectivity index (χ3n) is 4.28. The molecule has 1 atom stereocenters. The van der Waals surface area contributed by atoms with Gasteiger partial charge >= 0.3 is 0 Å². The minimum absolute atomic E-state index is 0.141. The first-order chi connectivity index (χ1) is 11.7. The summed E-state index contributed by atoms with van der Waals surface area (Å²) in [6, 6.07) is 11.1. The first kappa shape index (κ1) is 14.7. The van der Waals surface area contributed by atoms with E-state index in [1.54, 1.807) is 17.0 Å². The molecule has 3 aromatic rings. The average molecular weight is 323 g/mol. The van der Waals surface area contributed by atoms with Crippen molar-refractivity contribution in [3.05, 3.63) is 59.9 Å². The summed E-state index contributed by atoms with van der Waals surface area (Å²) in [5.41, 5.74) is 2.07. The van der Waals surface area contributed by atoms with Gasteiger partial charge < -0.3 is 13.8 Å². The maximum absolute atomic E-state index is 12.5. The topological polar surface area (TPSA) is 72.4 Å². The summed E-state index contributed by atoms with van der Waals surface area (Å²) < 4.78 is 10.7. The van der Waals surface area contributed by atoms with Gasteiger partial charge in [0.15, 0.2) is 5.76 Å². The number of benzene rings is 1. The van der Waals surface area contributed by atoms with E-state index in [0.717, 1.165) is 18.4 Å². The largest absolute Gasteiger partial charge is 0.459 e. The van der Waals surface area contributed by atoms with E-state index in [0.29, 0.717) is 24.0 Å². The molecule has 24 heavy (non-hydrogen) atoms. The molecule has 1 saturated heterocycles. The third kappa shape index (κ3) is 2.60. The predicted octanol–water partition coefficient (Wildman–Crippen LogP) is 3.62. The standard InChI is InChI=1S/C18H17N3O3/c1-12-6-8-13(9-7-12)16-19-17(24-20-16)14-4-2-10-21(14)18(22)15-5-3-11-23-15/h3,5-9,11,14H,2,4,10H2,1H3. The molecular weight excluding hydrogens is 306 g/mol. The van der Waals surface area contributed by atoms with Crippen LogP contribution in [0.25, 0.3) is 11.4 Å². The minimum atomic E-state index is -0.200. The summed E-state index contributed by atoms with van der Waals surface area (Å²) in [7, 11) is 0. The van der Waals surface area contributed by atoms with Crippen molar-refractivity contribution < 1.29 is 13.7 Å². The van der Waals surface area contributed by atoms with Gasteiger partial charge in [-0.1, -0.05) is 35.0 Å². The first-order valence-electron chi connectivity index (χ1n) is 7.97. The number of hydrogen-bond acceptors (Lipinski definition) is 5. The monoisotopic (exact) mass is 323 g/mol. The number of carbonyl (C=O) groups excluding carboxylic acids is 1. The minimum Gasteiger partial charge on any atom is -0.459 e. The van der Waals surface area contributed by atoms with Crippen LogP contribution < -0.4 is 0 Å².